The Kier molecular flexibility index (Phi) is 4.39. The molecule has 0 spiro atoms. The number of phenols is 1. The van der Waals surface area contributed by atoms with Gasteiger partial charge in [-0.15, -0.1) is 6.42 Å². The number of nitrogens with one attached hydrogen (secondary N) is 1. The van der Waals surface area contributed by atoms with E-state index in [2.05, 4.69) is 11.2 Å². The topological polar surface area (TPSA) is 69.6 Å². The van der Waals surface area contributed by atoms with Crippen LogP contribution in [0.2, 0.25) is 0 Å². The number of amides is 2. The van der Waals surface area contributed by atoms with Gasteiger partial charge in [-0.2, -0.15) is 0 Å². The van der Waals surface area contributed by atoms with Crippen molar-refractivity contribution < 1.29 is 14.7 Å². The number of rotatable bonds is 3. The van der Waals surface area contributed by atoms with Crippen molar-refractivity contribution in [3.05, 3.63) is 42.0 Å². The summed E-state index contributed by atoms with van der Waals surface area (Å²) in [5, 5.41) is 14.6. The molecule has 0 aliphatic carbocycles. The number of benzene rings is 2. The molecule has 1 atom stereocenters. The first-order valence-electron chi connectivity index (χ1n) is 7.86. The lowest BCUT2D eigenvalue weighted by Crippen LogP contribution is -2.46. The highest BCUT2D eigenvalue weighted by Crippen LogP contribution is 2.31. The zero-order valence-corrected chi connectivity index (χ0v) is 13.2. The van der Waals surface area contributed by atoms with Gasteiger partial charge >= 0.3 is 0 Å². The molecule has 0 saturated carbocycles. The van der Waals surface area contributed by atoms with Crippen LogP contribution in [0.1, 0.15) is 23.2 Å². The van der Waals surface area contributed by atoms with E-state index in [0.717, 1.165) is 11.8 Å². The van der Waals surface area contributed by atoms with Crippen molar-refractivity contribution in [3.63, 3.8) is 0 Å². The van der Waals surface area contributed by atoms with Gasteiger partial charge in [0, 0.05) is 11.9 Å². The van der Waals surface area contributed by atoms with E-state index in [-0.39, 0.29) is 29.7 Å². The predicted octanol–water partition coefficient (Wildman–Crippen LogP) is 1.90. The molecule has 3 rings (SSSR count). The molecule has 1 aliphatic rings. The molecular formula is C19H18N2O3. The fraction of sp³-hybridized carbons (Fsp3) is 0.263. The smallest absolute Gasteiger partial charge is 0.258 e. The van der Waals surface area contributed by atoms with Gasteiger partial charge in [0.25, 0.3) is 5.91 Å². The molecule has 1 fully saturated rings. The molecule has 24 heavy (non-hydrogen) atoms. The van der Waals surface area contributed by atoms with Crippen LogP contribution in [0, 0.1) is 12.3 Å². The lowest BCUT2D eigenvalue weighted by molar-refractivity contribution is -0.124. The minimum Gasteiger partial charge on any atom is -0.506 e. The van der Waals surface area contributed by atoms with E-state index in [1.807, 2.05) is 18.2 Å². The van der Waals surface area contributed by atoms with Crippen molar-refractivity contribution in [2.24, 2.45) is 0 Å². The second kappa shape index (κ2) is 6.63. The van der Waals surface area contributed by atoms with Crippen molar-refractivity contribution in [1.82, 2.24) is 10.2 Å². The number of phenolic OH excluding ortho intramolecular Hbond substituents is 1. The third-order valence-electron chi connectivity index (χ3n) is 4.31. The maximum Gasteiger partial charge on any atom is 0.258 e. The largest absolute Gasteiger partial charge is 0.506 e. The molecule has 2 aromatic carbocycles. The molecule has 2 amide bonds. The standard InChI is InChI=1S/C19H18N2O3/c1-2-11-20-18(23)16-8-5-12-21(16)19(24)15-10-9-13-6-3-4-7-14(13)17(15)22/h1,3-4,6-7,9-10,16,22H,5,8,11-12H2,(H,20,23). The van der Waals surface area contributed by atoms with Gasteiger partial charge < -0.3 is 15.3 Å². The van der Waals surface area contributed by atoms with Crippen LogP contribution in [0.4, 0.5) is 0 Å². The van der Waals surface area contributed by atoms with Gasteiger partial charge in [-0.1, -0.05) is 36.3 Å². The Bertz CT molecular complexity index is 838. The molecule has 2 N–H and O–H groups in total. The maximum atomic E-state index is 12.8. The highest BCUT2D eigenvalue weighted by molar-refractivity contribution is 6.05. The molecular weight excluding hydrogens is 304 g/mol. The number of carbonyl (C=O) groups excluding carboxylic acids is 2. The molecule has 1 unspecified atom stereocenters. The van der Waals surface area contributed by atoms with E-state index in [1.165, 1.54) is 4.90 Å². The Labute approximate surface area is 140 Å². The number of terminal acetylenes is 1. The summed E-state index contributed by atoms with van der Waals surface area (Å²) in [5.74, 6) is 1.72. The summed E-state index contributed by atoms with van der Waals surface area (Å²) < 4.78 is 0. The van der Waals surface area contributed by atoms with Gasteiger partial charge in [0.15, 0.2) is 0 Å². The monoisotopic (exact) mass is 322 g/mol. The average Bonchev–Trinajstić information content (AvgIpc) is 3.09. The molecule has 1 aliphatic heterocycles. The van der Waals surface area contributed by atoms with Gasteiger partial charge in [-0.3, -0.25) is 9.59 Å². The van der Waals surface area contributed by atoms with E-state index in [4.69, 9.17) is 6.42 Å². The maximum absolute atomic E-state index is 12.8. The summed E-state index contributed by atoms with van der Waals surface area (Å²) in [4.78, 5) is 26.5. The van der Waals surface area contributed by atoms with E-state index >= 15 is 0 Å². The normalized spacial score (nSPS) is 16.8. The van der Waals surface area contributed by atoms with Gasteiger partial charge in [0.05, 0.1) is 12.1 Å². The van der Waals surface area contributed by atoms with E-state index in [0.29, 0.717) is 18.4 Å². The molecule has 122 valence electrons. The third kappa shape index (κ3) is 2.79. The Morgan fingerprint density at radius 2 is 2.08 bits per heavy atom. The SMILES string of the molecule is C#CCNC(=O)C1CCCN1C(=O)c1ccc2ccccc2c1O. The van der Waals surface area contributed by atoms with Gasteiger partial charge in [0.1, 0.15) is 11.8 Å². The summed E-state index contributed by atoms with van der Waals surface area (Å²) in [6, 6.07) is 10.2. The van der Waals surface area contributed by atoms with Crippen molar-refractivity contribution >= 4 is 22.6 Å². The first kappa shape index (κ1) is 15.9. The van der Waals surface area contributed by atoms with E-state index in [9.17, 15) is 14.7 Å². The fourth-order valence-electron chi connectivity index (χ4n) is 3.12. The Morgan fingerprint density at radius 3 is 2.88 bits per heavy atom. The van der Waals surface area contributed by atoms with Gasteiger partial charge in [0.2, 0.25) is 5.91 Å². The van der Waals surface area contributed by atoms with Crippen LogP contribution >= 0.6 is 0 Å². The number of hydrogen-bond acceptors (Lipinski definition) is 3. The summed E-state index contributed by atoms with van der Waals surface area (Å²) in [6.45, 7) is 0.623. The fourth-order valence-corrected chi connectivity index (χ4v) is 3.12. The molecule has 1 saturated heterocycles. The first-order chi connectivity index (χ1) is 11.6. The second-order valence-electron chi connectivity index (χ2n) is 5.76. The summed E-state index contributed by atoms with van der Waals surface area (Å²) in [7, 11) is 0. The molecule has 0 bridgehead atoms. The van der Waals surface area contributed by atoms with Crippen LogP contribution in [0.15, 0.2) is 36.4 Å². The molecule has 0 aromatic heterocycles. The number of nitrogens with zero attached hydrogens (tertiary/aromatic N) is 1. The van der Waals surface area contributed by atoms with Crippen molar-refractivity contribution in [1.29, 1.82) is 0 Å². The lowest BCUT2D eigenvalue weighted by atomic mass is 10.0. The number of aromatic hydroxyl groups is 1. The van der Waals surface area contributed by atoms with Crippen LogP contribution in [0.5, 0.6) is 5.75 Å². The number of fused-ring (bicyclic) bond motifs is 1. The van der Waals surface area contributed by atoms with Crippen LogP contribution in [0.25, 0.3) is 10.8 Å². The molecule has 5 nitrogen and oxygen atoms in total. The summed E-state index contributed by atoms with van der Waals surface area (Å²) >= 11 is 0. The van der Waals surface area contributed by atoms with Crippen molar-refractivity contribution in [2.75, 3.05) is 13.1 Å². The van der Waals surface area contributed by atoms with Crippen molar-refractivity contribution in [2.45, 2.75) is 18.9 Å². The van der Waals surface area contributed by atoms with Crippen LogP contribution in [-0.4, -0.2) is 41.0 Å². The van der Waals surface area contributed by atoms with E-state index < -0.39 is 6.04 Å². The molecule has 1 heterocycles. The minimum atomic E-state index is -0.545. The van der Waals surface area contributed by atoms with Crippen LogP contribution in [-0.2, 0) is 4.79 Å². The van der Waals surface area contributed by atoms with Gasteiger partial charge in [-0.25, -0.2) is 0 Å². The quantitative estimate of drug-likeness (QED) is 0.848. The summed E-state index contributed by atoms with van der Waals surface area (Å²) in [6.07, 6.45) is 6.49. The Hall–Kier alpha value is -3.00. The van der Waals surface area contributed by atoms with Gasteiger partial charge in [-0.05, 0) is 24.3 Å². The zero-order valence-electron chi connectivity index (χ0n) is 13.2. The first-order valence-corrected chi connectivity index (χ1v) is 7.86. The number of likely N-dealkylation sites (tertiary alicyclic amines) is 1. The van der Waals surface area contributed by atoms with Crippen LogP contribution < -0.4 is 5.32 Å². The van der Waals surface area contributed by atoms with Crippen molar-refractivity contribution in [3.8, 4) is 18.1 Å². The Morgan fingerprint density at radius 1 is 1.29 bits per heavy atom. The third-order valence-corrected chi connectivity index (χ3v) is 4.31. The van der Waals surface area contributed by atoms with E-state index in [1.54, 1.807) is 18.2 Å². The number of carbonyl (C=O) groups is 2. The van der Waals surface area contributed by atoms with Crippen LogP contribution in [0.3, 0.4) is 0 Å². The molecule has 2 aromatic rings. The molecule has 0 radical (unpaired) electrons. The molecule has 5 heteroatoms. The highest BCUT2D eigenvalue weighted by atomic mass is 16.3. The average molecular weight is 322 g/mol. The minimum absolute atomic E-state index is 0.0483. The highest BCUT2D eigenvalue weighted by Gasteiger charge is 2.35. The second-order valence-corrected chi connectivity index (χ2v) is 5.76. The summed E-state index contributed by atoms with van der Waals surface area (Å²) in [5.41, 5.74) is 0.213. The number of hydrogen-bond donors (Lipinski definition) is 2. The lowest BCUT2D eigenvalue weighted by Gasteiger charge is -2.24. The zero-order chi connectivity index (χ0) is 17.1. The Balaban J connectivity index is 1.89. The predicted molar refractivity (Wildman–Crippen MR) is 91.5 cm³/mol.